The summed E-state index contributed by atoms with van der Waals surface area (Å²) in [5.41, 5.74) is 2.05. The predicted molar refractivity (Wildman–Crippen MR) is 164 cm³/mol. The normalized spacial score (nSPS) is 10.9. The number of nitrogens with one attached hydrogen (secondary N) is 3. The number of hydrogen-bond donors (Lipinski definition) is 3. The molecule has 0 unspecified atom stereocenters. The zero-order valence-electron chi connectivity index (χ0n) is 21.4. The highest BCUT2D eigenvalue weighted by Gasteiger charge is 2.16. The lowest BCUT2D eigenvalue weighted by molar-refractivity contribution is -0.384. The second-order valence-corrected chi connectivity index (χ2v) is 10.5. The molecule has 0 spiro atoms. The van der Waals surface area contributed by atoms with Crippen LogP contribution < -0.4 is 16.0 Å². The van der Waals surface area contributed by atoms with Crippen molar-refractivity contribution >= 4 is 68.6 Å². The maximum Gasteiger partial charge on any atom is 0.272 e. The number of rotatable bonds is 10. The van der Waals surface area contributed by atoms with Gasteiger partial charge in [0.1, 0.15) is 5.70 Å². The molecule has 11 heteroatoms. The molecule has 4 rings (SSSR count). The summed E-state index contributed by atoms with van der Waals surface area (Å²) in [6, 6.07) is 28.4. The molecule has 0 aliphatic heterocycles. The third-order valence-electron chi connectivity index (χ3n) is 5.53. The number of non-ortho nitro benzene ring substituents is 1. The van der Waals surface area contributed by atoms with E-state index in [-0.39, 0.29) is 23.0 Å². The molecule has 0 radical (unpaired) electrons. The van der Waals surface area contributed by atoms with Crippen LogP contribution in [0, 0.1) is 10.1 Å². The predicted octanol–water partition coefficient (Wildman–Crippen LogP) is 6.50. The van der Waals surface area contributed by atoms with E-state index in [1.54, 1.807) is 60.7 Å². The van der Waals surface area contributed by atoms with Crippen LogP contribution in [0.3, 0.4) is 0 Å². The van der Waals surface area contributed by atoms with E-state index in [2.05, 4.69) is 31.9 Å². The molecule has 41 heavy (non-hydrogen) atoms. The lowest BCUT2D eigenvalue weighted by Crippen LogP contribution is -2.30. The summed E-state index contributed by atoms with van der Waals surface area (Å²) in [6.07, 6.45) is 1.59. The fourth-order valence-electron chi connectivity index (χ4n) is 3.54. The van der Waals surface area contributed by atoms with Crippen LogP contribution in [0.15, 0.2) is 118 Å². The Morgan fingerprint density at radius 2 is 1.54 bits per heavy atom. The van der Waals surface area contributed by atoms with E-state index < -0.39 is 16.7 Å². The van der Waals surface area contributed by atoms with Gasteiger partial charge in [0, 0.05) is 38.4 Å². The van der Waals surface area contributed by atoms with Crippen LogP contribution in [0.4, 0.5) is 17.1 Å². The number of carbonyl (C=O) groups excluding carboxylic acids is 3. The summed E-state index contributed by atoms with van der Waals surface area (Å²) in [6.45, 7) is 0. The topological polar surface area (TPSA) is 130 Å². The van der Waals surface area contributed by atoms with Crippen LogP contribution in [0.1, 0.15) is 15.9 Å². The van der Waals surface area contributed by atoms with Gasteiger partial charge in [-0.05, 0) is 66.2 Å². The summed E-state index contributed by atoms with van der Waals surface area (Å²) in [4.78, 5) is 49.5. The van der Waals surface area contributed by atoms with Gasteiger partial charge in [-0.2, -0.15) is 0 Å². The SMILES string of the molecule is O=C(CSc1cccc(NC(=O)/C(=C/c2ccc(Br)cc2)NC(=O)c2ccccc2)c1)Nc1ccc([N+](=O)[O-])cc1. The van der Waals surface area contributed by atoms with Crippen molar-refractivity contribution in [1.82, 2.24) is 5.32 Å². The molecule has 3 N–H and O–H groups in total. The van der Waals surface area contributed by atoms with E-state index in [1.807, 2.05) is 24.3 Å². The molecule has 0 saturated heterocycles. The standard InChI is InChI=1S/C30H23BrN4O5S/c31-22-11-9-20(10-12-22)17-27(34-29(37)21-5-2-1-3-6-21)30(38)33-24-7-4-8-26(18-24)41-19-28(36)32-23-13-15-25(16-14-23)35(39)40/h1-18H,19H2,(H,32,36)(H,33,38)(H,34,37)/b27-17-. The number of amides is 3. The highest BCUT2D eigenvalue weighted by Crippen LogP contribution is 2.23. The Kier molecular flexibility index (Phi) is 10.0. The van der Waals surface area contributed by atoms with Crippen molar-refractivity contribution < 1.29 is 19.3 Å². The minimum atomic E-state index is -0.518. The molecule has 0 aromatic heterocycles. The fraction of sp³-hybridized carbons (Fsp3) is 0.0333. The van der Waals surface area contributed by atoms with Gasteiger partial charge in [-0.25, -0.2) is 0 Å². The Bertz CT molecular complexity index is 1590. The number of nitrogens with zero attached hydrogens (tertiary/aromatic N) is 1. The Hall–Kier alpha value is -4.74. The van der Waals surface area contributed by atoms with Crippen molar-refractivity contribution in [2.75, 3.05) is 16.4 Å². The average molecular weight is 632 g/mol. The molecule has 0 heterocycles. The third kappa shape index (κ3) is 8.88. The number of hydrogen-bond acceptors (Lipinski definition) is 6. The lowest BCUT2D eigenvalue weighted by Gasteiger charge is -2.12. The average Bonchev–Trinajstić information content (AvgIpc) is 2.97. The first-order chi connectivity index (χ1) is 19.8. The number of anilines is 2. The second-order valence-electron chi connectivity index (χ2n) is 8.55. The molecular formula is C30H23BrN4O5S. The van der Waals surface area contributed by atoms with Crippen LogP contribution in [0.5, 0.6) is 0 Å². The number of benzene rings is 4. The Balaban J connectivity index is 1.42. The highest BCUT2D eigenvalue weighted by molar-refractivity contribution is 9.10. The van der Waals surface area contributed by atoms with Gasteiger partial charge in [-0.3, -0.25) is 24.5 Å². The van der Waals surface area contributed by atoms with Gasteiger partial charge in [-0.1, -0.05) is 52.3 Å². The Morgan fingerprint density at radius 1 is 0.829 bits per heavy atom. The monoisotopic (exact) mass is 630 g/mol. The molecule has 0 saturated carbocycles. The minimum absolute atomic E-state index is 0.0571. The molecule has 4 aromatic rings. The summed E-state index contributed by atoms with van der Waals surface area (Å²) in [5, 5.41) is 19.0. The third-order valence-corrected chi connectivity index (χ3v) is 7.06. The largest absolute Gasteiger partial charge is 0.325 e. The summed E-state index contributed by atoms with van der Waals surface area (Å²) in [5.74, 6) is -1.15. The zero-order valence-corrected chi connectivity index (χ0v) is 23.8. The maximum atomic E-state index is 13.3. The van der Waals surface area contributed by atoms with Crippen molar-refractivity contribution in [3.63, 3.8) is 0 Å². The number of nitro benzene ring substituents is 1. The van der Waals surface area contributed by atoms with Crippen molar-refractivity contribution in [3.8, 4) is 0 Å². The van der Waals surface area contributed by atoms with Crippen LogP contribution in [0.2, 0.25) is 0 Å². The first-order valence-corrected chi connectivity index (χ1v) is 14.0. The van der Waals surface area contributed by atoms with Gasteiger partial charge in [0.05, 0.1) is 10.7 Å². The Morgan fingerprint density at radius 3 is 2.22 bits per heavy atom. The maximum absolute atomic E-state index is 13.3. The molecule has 0 fully saturated rings. The molecule has 4 aromatic carbocycles. The van der Waals surface area contributed by atoms with E-state index in [0.717, 1.165) is 14.9 Å². The summed E-state index contributed by atoms with van der Waals surface area (Å²) < 4.78 is 0.879. The fourth-order valence-corrected chi connectivity index (χ4v) is 4.56. The molecule has 9 nitrogen and oxygen atoms in total. The van der Waals surface area contributed by atoms with Crippen molar-refractivity contribution in [2.24, 2.45) is 0 Å². The first-order valence-electron chi connectivity index (χ1n) is 12.2. The van der Waals surface area contributed by atoms with Gasteiger partial charge in [0.15, 0.2) is 0 Å². The molecule has 3 amide bonds. The van der Waals surface area contributed by atoms with Crippen molar-refractivity contribution in [3.05, 3.63) is 135 Å². The van der Waals surface area contributed by atoms with Gasteiger partial charge >= 0.3 is 0 Å². The van der Waals surface area contributed by atoms with Crippen LogP contribution in [-0.4, -0.2) is 28.4 Å². The second kappa shape index (κ2) is 14.1. The van der Waals surface area contributed by atoms with Gasteiger partial charge in [0.2, 0.25) is 5.91 Å². The van der Waals surface area contributed by atoms with E-state index in [4.69, 9.17) is 0 Å². The van der Waals surface area contributed by atoms with Gasteiger partial charge in [0.25, 0.3) is 17.5 Å². The van der Waals surface area contributed by atoms with Gasteiger partial charge in [-0.15, -0.1) is 11.8 Å². The molecule has 0 aliphatic carbocycles. The van der Waals surface area contributed by atoms with E-state index in [0.29, 0.717) is 16.9 Å². The van der Waals surface area contributed by atoms with Crippen LogP contribution >= 0.6 is 27.7 Å². The van der Waals surface area contributed by atoms with Crippen molar-refractivity contribution in [1.29, 1.82) is 0 Å². The first kappa shape index (κ1) is 29.2. The molecule has 0 atom stereocenters. The van der Waals surface area contributed by atoms with Crippen molar-refractivity contribution in [2.45, 2.75) is 4.90 Å². The summed E-state index contributed by atoms with van der Waals surface area (Å²) in [7, 11) is 0. The zero-order chi connectivity index (χ0) is 29.2. The van der Waals surface area contributed by atoms with Crippen LogP contribution in [-0.2, 0) is 9.59 Å². The Labute approximate surface area is 248 Å². The van der Waals surface area contributed by atoms with Crippen LogP contribution in [0.25, 0.3) is 6.08 Å². The number of carbonyl (C=O) groups is 3. The molecule has 206 valence electrons. The smallest absolute Gasteiger partial charge is 0.272 e. The van der Waals surface area contributed by atoms with Gasteiger partial charge < -0.3 is 16.0 Å². The highest BCUT2D eigenvalue weighted by atomic mass is 79.9. The summed E-state index contributed by atoms with van der Waals surface area (Å²) >= 11 is 4.65. The number of halogens is 1. The van der Waals surface area contributed by atoms with E-state index >= 15 is 0 Å². The molecular weight excluding hydrogens is 608 g/mol. The minimum Gasteiger partial charge on any atom is -0.325 e. The van der Waals surface area contributed by atoms with E-state index in [9.17, 15) is 24.5 Å². The molecule has 0 aliphatic rings. The lowest BCUT2D eigenvalue weighted by atomic mass is 10.1. The quantitative estimate of drug-likeness (QED) is 0.0793. The number of nitro groups is 1. The number of thioether (sulfide) groups is 1. The van der Waals surface area contributed by atoms with E-state index in [1.165, 1.54) is 36.0 Å². The molecule has 0 bridgehead atoms.